The molecule has 8 nitrogen and oxygen atoms in total. The lowest BCUT2D eigenvalue weighted by atomic mass is 10.1. The molecule has 9 heteroatoms. The molecule has 0 aliphatic rings. The normalized spacial score (nSPS) is 11.4. The topological polar surface area (TPSA) is 94.9 Å². The molecule has 174 valence electrons. The van der Waals surface area contributed by atoms with Crippen molar-refractivity contribution in [1.29, 1.82) is 0 Å². The van der Waals surface area contributed by atoms with Gasteiger partial charge in [-0.2, -0.15) is 4.73 Å². The Bertz CT molecular complexity index is 1250. The number of carbonyl (C=O) groups excluding carboxylic acids is 2. The summed E-state index contributed by atoms with van der Waals surface area (Å²) >= 11 is 0. The maximum absolute atomic E-state index is 12.7. The number of esters is 1. The van der Waals surface area contributed by atoms with Crippen molar-refractivity contribution in [2.24, 2.45) is 0 Å². The van der Waals surface area contributed by atoms with Crippen LogP contribution >= 0.6 is 0 Å². The van der Waals surface area contributed by atoms with Crippen LogP contribution in [0.25, 0.3) is 0 Å². The number of benzene rings is 2. The zero-order valence-electron chi connectivity index (χ0n) is 18.9. The molecule has 0 saturated heterocycles. The van der Waals surface area contributed by atoms with Crippen molar-refractivity contribution in [3.05, 3.63) is 88.7 Å². The molecule has 33 heavy (non-hydrogen) atoms. The first-order valence-electron chi connectivity index (χ1n) is 10.2. The van der Waals surface area contributed by atoms with Gasteiger partial charge in [0.15, 0.2) is 6.61 Å². The van der Waals surface area contributed by atoms with Gasteiger partial charge in [-0.1, -0.05) is 30.3 Å². The molecule has 0 aliphatic heterocycles. The molecule has 2 aromatic carbocycles. The lowest BCUT2D eigenvalue weighted by Gasteiger charge is -2.12. The second kappa shape index (κ2) is 10.0. The Morgan fingerprint density at radius 3 is 2.21 bits per heavy atom. The molecule has 0 radical (unpaired) electrons. The van der Waals surface area contributed by atoms with E-state index in [2.05, 4.69) is 0 Å². The van der Waals surface area contributed by atoms with Gasteiger partial charge in [0, 0.05) is 19.7 Å². The fourth-order valence-electron chi connectivity index (χ4n) is 3.21. The number of carbonyl (C=O) groups is 2. The molecule has 0 amide bonds. The largest absolute Gasteiger partial charge is 0.454 e. The van der Waals surface area contributed by atoms with Crippen molar-refractivity contribution in [3.63, 3.8) is 0 Å². The van der Waals surface area contributed by atoms with E-state index >= 15 is 0 Å². The molecule has 1 aromatic heterocycles. The summed E-state index contributed by atoms with van der Waals surface area (Å²) in [5.41, 5.74) is 2.91. The van der Waals surface area contributed by atoms with Gasteiger partial charge in [-0.25, -0.2) is 17.5 Å². The number of aromatic nitrogens is 1. The van der Waals surface area contributed by atoms with Crippen molar-refractivity contribution in [1.82, 2.24) is 9.04 Å². The lowest BCUT2D eigenvalue weighted by Crippen LogP contribution is -2.22. The van der Waals surface area contributed by atoms with Crippen LogP contribution in [0.3, 0.4) is 0 Å². The van der Waals surface area contributed by atoms with E-state index in [-0.39, 0.29) is 16.2 Å². The third-order valence-electron chi connectivity index (χ3n) is 5.07. The van der Waals surface area contributed by atoms with Gasteiger partial charge in [0.25, 0.3) is 0 Å². The molecule has 3 aromatic rings. The van der Waals surface area contributed by atoms with Crippen molar-refractivity contribution in [2.75, 3.05) is 20.7 Å². The first-order valence-corrected chi connectivity index (χ1v) is 11.6. The van der Waals surface area contributed by atoms with Gasteiger partial charge in [-0.15, -0.1) is 0 Å². The number of ketones is 1. The fourth-order valence-corrected chi connectivity index (χ4v) is 4.11. The predicted molar refractivity (Wildman–Crippen MR) is 123 cm³/mol. The third kappa shape index (κ3) is 5.50. The van der Waals surface area contributed by atoms with Crippen LogP contribution in [0, 0.1) is 13.8 Å². The fraction of sp³-hybridized carbons (Fsp3) is 0.250. The van der Waals surface area contributed by atoms with Gasteiger partial charge in [0.05, 0.1) is 21.8 Å². The first kappa shape index (κ1) is 24.2. The summed E-state index contributed by atoms with van der Waals surface area (Å²) < 4.78 is 32.1. The van der Waals surface area contributed by atoms with Gasteiger partial charge in [0.1, 0.15) is 6.61 Å². The number of ether oxygens (including phenoxy) is 1. The highest BCUT2D eigenvalue weighted by Crippen LogP contribution is 2.17. The van der Waals surface area contributed by atoms with Crippen LogP contribution in [-0.2, 0) is 21.4 Å². The molecule has 0 saturated carbocycles. The zero-order chi connectivity index (χ0) is 24.2. The van der Waals surface area contributed by atoms with Gasteiger partial charge in [0.2, 0.25) is 15.8 Å². The minimum atomic E-state index is -3.60. The van der Waals surface area contributed by atoms with Crippen LogP contribution < -0.4 is 4.84 Å². The number of hydrogen-bond acceptors (Lipinski definition) is 6. The Labute approximate surface area is 193 Å². The van der Waals surface area contributed by atoms with E-state index in [9.17, 15) is 18.0 Å². The van der Waals surface area contributed by atoms with Gasteiger partial charge in [-0.3, -0.25) is 4.79 Å². The van der Waals surface area contributed by atoms with Crippen molar-refractivity contribution in [2.45, 2.75) is 25.3 Å². The molecule has 3 rings (SSSR count). The molecule has 0 spiro atoms. The molecular weight excluding hydrogens is 444 g/mol. The number of aryl methyl sites for hydroxylation is 1. The molecule has 0 bridgehead atoms. The highest BCUT2D eigenvalue weighted by molar-refractivity contribution is 7.89. The van der Waals surface area contributed by atoms with Crippen LogP contribution in [0.2, 0.25) is 0 Å². The molecule has 0 fully saturated rings. The van der Waals surface area contributed by atoms with Crippen LogP contribution in [0.1, 0.15) is 37.7 Å². The van der Waals surface area contributed by atoms with Crippen molar-refractivity contribution < 1.29 is 27.6 Å². The monoisotopic (exact) mass is 470 g/mol. The highest BCUT2D eigenvalue weighted by Gasteiger charge is 2.20. The van der Waals surface area contributed by atoms with Gasteiger partial charge >= 0.3 is 5.97 Å². The lowest BCUT2D eigenvalue weighted by molar-refractivity contribution is 0.0473. The van der Waals surface area contributed by atoms with E-state index in [1.165, 1.54) is 38.4 Å². The van der Waals surface area contributed by atoms with Gasteiger partial charge in [-0.05, 0) is 49.7 Å². The second-order valence-corrected chi connectivity index (χ2v) is 9.80. The summed E-state index contributed by atoms with van der Waals surface area (Å²) in [7, 11) is -0.751. The Morgan fingerprint density at radius 2 is 1.61 bits per heavy atom. The molecule has 0 unspecified atom stereocenters. The number of rotatable bonds is 9. The molecule has 1 heterocycles. The van der Waals surface area contributed by atoms with E-state index < -0.39 is 22.6 Å². The standard InChI is InChI=1S/C24H26N2O6S/c1-17-14-22(18(2)26(17)32-15-19-8-6-5-7-9-19)23(27)16-31-24(28)20-10-12-21(13-11-20)33(29,30)25(3)4/h5-14H,15-16H2,1-4H3. The zero-order valence-corrected chi connectivity index (χ0v) is 19.8. The number of sulfonamides is 1. The Balaban J connectivity index is 1.63. The number of Topliss-reactive ketones (excluding diaryl/α,β-unsaturated/α-hetero) is 1. The minimum Gasteiger partial charge on any atom is -0.454 e. The quantitative estimate of drug-likeness (QED) is 0.352. The molecule has 0 N–H and O–H groups in total. The maximum Gasteiger partial charge on any atom is 0.338 e. The smallest absolute Gasteiger partial charge is 0.338 e. The molecule has 0 aliphatic carbocycles. The summed E-state index contributed by atoms with van der Waals surface area (Å²) in [6.07, 6.45) is 0. The summed E-state index contributed by atoms with van der Waals surface area (Å²) in [5, 5.41) is 0. The van der Waals surface area contributed by atoms with Crippen LogP contribution in [-0.4, -0.2) is 49.9 Å². The van der Waals surface area contributed by atoms with E-state index in [1.54, 1.807) is 17.7 Å². The minimum absolute atomic E-state index is 0.0584. The Hall–Kier alpha value is -3.43. The SMILES string of the molecule is Cc1cc(C(=O)COC(=O)c2ccc(S(=O)(=O)N(C)C)cc2)c(C)n1OCc1ccccc1. The summed E-state index contributed by atoms with van der Waals surface area (Å²) in [6.45, 7) is 3.49. The second-order valence-electron chi connectivity index (χ2n) is 7.65. The Kier molecular flexibility index (Phi) is 7.35. The van der Waals surface area contributed by atoms with Crippen molar-refractivity contribution >= 4 is 21.8 Å². The number of hydrogen-bond donors (Lipinski definition) is 0. The third-order valence-corrected chi connectivity index (χ3v) is 6.90. The van der Waals surface area contributed by atoms with E-state index in [0.29, 0.717) is 17.9 Å². The van der Waals surface area contributed by atoms with Crippen LogP contribution in [0.4, 0.5) is 0 Å². The van der Waals surface area contributed by atoms with Crippen molar-refractivity contribution in [3.8, 4) is 0 Å². The molecular formula is C24H26N2O6S. The highest BCUT2D eigenvalue weighted by atomic mass is 32.2. The van der Waals surface area contributed by atoms with Crippen LogP contribution in [0.15, 0.2) is 65.6 Å². The average molecular weight is 471 g/mol. The summed E-state index contributed by atoms with van der Waals surface area (Å²) in [4.78, 5) is 30.9. The average Bonchev–Trinajstić information content (AvgIpc) is 3.09. The van der Waals surface area contributed by atoms with E-state index in [1.807, 2.05) is 37.3 Å². The Morgan fingerprint density at radius 1 is 0.970 bits per heavy atom. The summed E-state index contributed by atoms with van der Waals surface area (Å²) in [5.74, 6) is -1.08. The summed E-state index contributed by atoms with van der Waals surface area (Å²) in [6, 6.07) is 16.7. The van der Waals surface area contributed by atoms with E-state index in [4.69, 9.17) is 9.57 Å². The maximum atomic E-state index is 12.7. The van der Waals surface area contributed by atoms with Gasteiger partial charge < -0.3 is 9.57 Å². The molecule has 0 atom stereocenters. The first-order chi connectivity index (χ1) is 15.6. The number of nitrogens with zero attached hydrogens (tertiary/aromatic N) is 2. The predicted octanol–water partition coefficient (Wildman–Crippen LogP) is 3.02. The van der Waals surface area contributed by atoms with Crippen LogP contribution in [0.5, 0.6) is 0 Å². The van der Waals surface area contributed by atoms with E-state index in [0.717, 1.165) is 15.6 Å².